The van der Waals surface area contributed by atoms with Gasteiger partial charge in [-0.1, -0.05) is 18.7 Å². The number of anilines is 1. The van der Waals surface area contributed by atoms with Gasteiger partial charge in [0.15, 0.2) is 10.9 Å². The molecule has 0 aromatic carbocycles. The molecule has 2 aliphatic rings. The minimum Gasteiger partial charge on any atom is -0.455 e. The van der Waals surface area contributed by atoms with E-state index in [1.54, 1.807) is 17.8 Å². The minimum absolute atomic E-state index is 0.125. The molecule has 7 nitrogen and oxygen atoms in total. The third-order valence-corrected chi connectivity index (χ3v) is 5.95. The number of aromatic nitrogens is 2. The van der Waals surface area contributed by atoms with Gasteiger partial charge in [0, 0.05) is 44.0 Å². The van der Waals surface area contributed by atoms with Crippen molar-refractivity contribution in [2.45, 2.75) is 43.1 Å². The van der Waals surface area contributed by atoms with Crippen LogP contribution >= 0.6 is 11.8 Å². The topological polar surface area (TPSA) is 74.5 Å². The van der Waals surface area contributed by atoms with Gasteiger partial charge in [-0.3, -0.25) is 4.79 Å². The Morgan fingerprint density at radius 1 is 1.25 bits per heavy atom. The molecule has 2 aromatic heterocycles. The highest BCUT2D eigenvalue weighted by Crippen LogP contribution is 2.25. The largest absolute Gasteiger partial charge is 0.455 e. The SMILES string of the molecule is CCc1cc(N2CCN(C)CC2)nc(SCc2ccc(C(=O)NC3CC3)o2)n1. The maximum absolute atomic E-state index is 12.1. The maximum Gasteiger partial charge on any atom is 0.287 e. The average Bonchev–Trinajstić information content (AvgIpc) is 3.39. The van der Waals surface area contributed by atoms with Crippen LogP contribution in [0, 0.1) is 0 Å². The van der Waals surface area contributed by atoms with E-state index in [2.05, 4.69) is 40.1 Å². The monoisotopic (exact) mass is 401 g/mol. The molecular formula is C20H27N5O2S. The first-order chi connectivity index (χ1) is 13.6. The molecule has 0 unspecified atom stereocenters. The van der Waals surface area contributed by atoms with E-state index >= 15 is 0 Å². The lowest BCUT2D eigenvalue weighted by Gasteiger charge is -2.33. The van der Waals surface area contributed by atoms with Gasteiger partial charge in [-0.25, -0.2) is 9.97 Å². The first kappa shape index (κ1) is 19.3. The molecule has 1 aliphatic carbocycles. The lowest BCUT2D eigenvalue weighted by molar-refractivity contribution is 0.0922. The Kier molecular flexibility index (Phi) is 5.87. The van der Waals surface area contributed by atoms with Crippen LogP contribution in [-0.4, -0.2) is 60.0 Å². The second-order valence-corrected chi connectivity index (χ2v) is 8.39. The molecule has 0 spiro atoms. The van der Waals surface area contributed by atoms with Crippen LogP contribution in [-0.2, 0) is 12.2 Å². The van der Waals surface area contributed by atoms with Gasteiger partial charge in [-0.05, 0) is 38.4 Å². The normalized spacial score (nSPS) is 17.7. The van der Waals surface area contributed by atoms with E-state index in [1.807, 2.05) is 6.07 Å². The number of furan rings is 1. The number of likely N-dealkylation sites (N-methyl/N-ethyl adjacent to an activating group) is 1. The fourth-order valence-electron chi connectivity index (χ4n) is 3.10. The Hall–Kier alpha value is -2.06. The molecule has 3 heterocycles. The van der Waals surface area contributed by atoms with Crippen LogP contribution in [0.3, 0.4) is 0 Å². The standard InChI is InChI=1S/C20H27N5O2S/c1-3-14-12-18(25-10-8-24(2)9-11-25)23-20(22-14)28-13-16-6-7-17(27-16)19(26)21-15-4-5-15/h6-7,12,15H,3-5,8-11,13H2,1-2H3,(H,21,26). The number of hydrogen-bond acceptors (Lipinski definition) is 7. The number of nitrogens with one attached hydrogen (secondary N) is 1. The molecule has 0 bridgehead atoms. The number of hydrogen-bond donors (Lipinski definition) is 1. The van der Waals surface area contributed by atoms with Crippen LogP contribution in [0.2, 0.25) is 0 Å². The van der Waals surface area contributed by atoms with Crippen molar-refractivity contribution in [3.8, 4) is 0 Å². The molecule has 28 heavy (non-hydrogen) atoms. The van der Waals surface area contributed by atoms with E-state index < -0.39 is 0 Å². The van der Waals surface area contributed by atoms with Crippen LogP contribution in [0.1, 0.15) is 41.8 Å². The average molecular weight is 402 g/mol. The number of carbonyl (C=O) groups is 1. The van der Waals surface area contributed by atoms with Gasteiger partial charge in [0.05, 0.1) is 5.75 Å². The summed E-state index contributed by atoms with van der Waals surface area (Å²) in [6.45, 7) is 6.18. The molecule has 8 heteroatoms. The predicted molar refractivity (Wildman–Crippen MR) is 110 cm³/mol. The number of carbonyl (C=O) groups excluding carboxylic acids is 1. The van der Waals surface area contributed by atoms with Gasteiger partial charge in [0.1, 0.15) is 11.6 Å². The van der Waals surface area contributed by atoms with Crippen molar-refractivity contribution in [3.63, 3.8) is 0 Å². The zero-order valence-corrected chi connectivity index (χ0v) is 17.3. The number of rotatable bonds is 7. The zero-order chi connectivity index (χ0) is 19.5. The van der Waals surface area contributed by atoms with E-state index in [0.717, 1.165) is 67.9 Å². The summed E-state index contributed by atoms with van der Waals surface area (Å²) >= 11 is 1.55. The van der Waals surface area contributed by atoms with Crippen LogP contribution in [0.15, 0.2) is 27.8 Å². The van der Waals surface area contributed by atoms with E-state index in [0.29, 0.717) is 17.6 Å². The molecular weight excluding hydrogens is 374 g/mol. The van der Waals surface area contributed by atoms with Crippen LogP contribution in [0.25, 0.3) is 0 Å². The molecule has 1 amide bonds. The molecule has 1 N–H and O–H groups in total. The molecule has 1 saturated heterocycles. The molecule has 150 valence electrons. The highest BCUT2D eigenvalue weighted by Gasteiger charge is 2.25. The number of amides is 1. The van der Waals surface area contributed by atoms with Gasteiger partial charge < -0.3 is 19.5 Å². The second kappa shape index (κ2) is 8.53. The lowest BCUT2D eigenvalue weighted by atomic mass is 10.3. The molecule has 4 rings (SSSR count). The van der Waals surface area contributed by atoms with Crippen molar-refractivity contribution < 1.29 is 9.21 Å². The molecule has 2 fully saturated rings. The zero-order valence-electron chi connectivity index (χ0n) is 16.5. The highest BCUT2D eigenvalue weighted by atomic mass is 32.2. The number of nitrogens with zero attached hydrogens (tertiary/aromatic N) is 4. The van der Waals surface area contributed by atoms with Gasteiger partial charge in [-0.2, -0.15) is 0 Å². The third kappa shape index (κ3) is 4.86. The summed E-state index contributed by atoms with van der Waals surface area (Å²) in [5, 5.41) is 3.70. The minimum atomic E-state index is -0.125. The van der Waals surface area contributed by atoms with Crippen molar-refractivity contribution >= 4 is 23.5 Å². The van der Waals surface area contributed by atoms with E-state index in [-0.39, 0.29) is 5.91 Å². The molecule has 0 atom stereocenters. The van der Waals surface area contributed by atoms with Crippen molar-refractivity contribution in [2.75, 3.05) is 38.1 Å². The maximum atomic E-state index is 12.1. The first-order valence-electron chi connectivity index (χ1n) is 9.94. The van der Waals surface area contributed by atoms with Crippen LogP contribution < -0.4 is 10.2 Å². The van der Waals surface area contributed by atoms with E-state index in [1.165, 1.54) is 0 Å². The summed E-state index contributed by atoms with van der Waals surface area (Å²) in [4.78, 5) is 26.2. The fraction of sp³-hybridized carbons (Fsp3) is 0.550. The molecule has 2 aromatic rings. The quantitative estimate of drug-likeness (QED) is 0.564. The number of thioether (sulfide) groups is 1. The van der Waals surface area contributed by atoms with Crippen molar-refractivity contribution in [2.24, 2.45) is 0 Å². The van der Waals surface area contributed by atoms with Gasteiger partial charge in [-0.15, -0.1) is 0 Å². The predicted octanol–water partition coefficient (Wildman–Crippen LogP) is 2.57. The lowest BCUT2D eigenvalue weighted by Crippen LogP contribution is -2.44. The Morgan fingerprint density at radius 3 is 2.75 bits per heavy atom. The Labute approximate surface area is 169 Å². The van der Waals surface area contributed by atoms with E-state index in [9.17, 15) is 4.79 Å². The van der Waals surface area contributed by atoms with Gasteiger partial charge >= 0.3 is 0 Å². The van der Waals surface area contributed by atoms with Gasteiger partial charge in [0.25, 0.3) is 5.91 Å². The van der Waals surface area contributed by atoms with Crippen molar-refractivity contribution in [3.05, 3.63) is 35.4 Å². The summed E-state index contributed by atoms with van der Waals surface area (Å²) in [6, 6.07) is 6.03. The summed E-state index contributed by atoms with van der Waals surface area (Å²) in [5.74, 6) is 2.62. The number of piperazine rings is 1. The summed E-state index contributed by atoms with van der Waals surface area (Å²) in [6.07, 6.45) is 3.01. The third-order valence-electron chi connectivity index (χ3n) is 5.08. The van der Waals surface area contributed by atoms with Crippen molar-refractivity contribution in [1.82, 2.24) is 20.2 Å². The number of aryl methyl sites for hydroxylation is 1. The van der Waals surface area contributed by atoms with Crippen molar-refractivity contribution in [1.29, 1.82) is 0 Å². The smallest absolute Gasteiger partial charge is 0.287 e. The Balaban J connectivity index is 1.40. The molecule has 1 saturated carbocycles. The van der Waals surface area contributed by atoms with Crippen LogP contribution in [0.4, 0.5) is 5.82 Å². The summed E-state index contributed by atoms with van der Waals surface area (Å²) < 4.78 is 5.71. The first-order valence-corrected chi connectivity index (χ1v) is 10.9. The molecule has 1 aliphatic heterocycles. The fourth-order valence-corrected chi connectivity index (χ4v) is 3.87. The summed E-state index contributed by atoms with van der Waals surface area (Å²) in [5.41, 5.74) is 1.05. The Bertz CT molecular complexity index is 828. The van der Waals surface area contributed by atoms with E-state index in [4.69, 9.17) is 9.40 Å². The molecule has 0 radical (unpaired) electrons. The van der Waals surface area contributed by atoms with Crippen LogP contribution in [0.5, 0.6) is 0 Å². The second-order valence-electron chi connectivity index (χ2n) is 7.45. The highest BCUT2D eigenvalue weighted by molar-refractivity contribution is 7.98. The van der Waals surface area contributed by atoms with Gasteiger partial charge in [0.2, 0.25) is 0 Å². The Morgan fingerprint density at radius 2 is 2.04 bits per heavy atom. The summed E-state index contributed by atoms with van der Waals surface area (Å²) in [7, 11) is 2.15.